The van der Waals surface area contributed by atoms with E-state index in [4.69, 9.17) is 4.98 Å². The third-order valence-corrected chi connectivity index (χ3v) is 5.22. The van der Waals surface area contributed by atoms with Crippen LogP contribution < -0.4 is 0 Å². The van der Waals surface area contributed by atoms with Crippen LogP contribution in [0.1, 0.15) is 0 Å². The SMILES string of the molecule is c1ccc2c(c1)ccc1cc3c4ccccc4nc-3sc12. The highest BCUT2D eigenvalue weighted by Crippen LogP contribution is 2.40. The topological polar surface area (TPSA) is 12.9 Å². The Morgan fingerprint density at radius 2 is 1.48 bits per heavy atom. The Kier molecular flexibility index (Phi) is 2.15. The summed E-state index contributed by atoms with van der Waals surface area (Å²) in [6, 6.07) is 23.6. The average Bonchev–Trinajstić information content (AvgIpc) is 2.90. The maximum atomic E-state index is 4.79. The molecule has 0 aromatic heterocycles. The highest BCUT2D eigenvalue weighted by atomic mass is 32.1. The zero-order valence-electron chi connectivity index (χ0n) is 11.2. The standard InChI is InChI=1S/C19H11NS/c1-2-6-14-12(5-1)9-10-13-11-16-15-7-3-4-8-17(15)20-19(16)21-18(13)14/h1-11H. The van der Waals surface area contributed by atoms with Crippen molar-refractivity contribution in [1.82, 2.24) is 4.98 Å². The quantitative estimate of drug-likeness (QED) is 0.332. The lowest BCUT2D eigenvalue weighted by atomic mass is 10.1. The van der Waals surface area contributed by atoms with Crippen molar-refractivity contribution in [2.45, 2.75) is 0 Å². The third-order valence-electron chi connectivity index (χ3n) is 4.06. The predicted octanol–water partition coefficient (Wildman–Crippen LogP) is 5.71. The fourth-order valence-electron chi connectivity index (χ4n) is 3.04. The van der Waals surface area contributed by atoms with E-state index in [0.717, 1.165) is 10.5 Å². The van der Waals surface area contributed by atoms with E-state index < -0.39 is 0 Å². The van der Waals surface area contributed by atoms with E-state index in [-0.39, 0.29) is 0 Å². The smallest absolute Gasteiger partial charge is 0.125 e. The maximum Gasteiger partial charge on any atom is 0.125 e. The summed E-state index contributed by atoms with van der Waals surface area (Å²) in [5.41, 5.74) is 2.35. The van der Waals surface area contributed by atoms with Crippen LogP contribution in [-0.2, 0) is 0 Å². The zero-order valence-corrected chi connectivity index (χ0v) is 12.0. The first-order valence-electron chi connectivity index (χ1n) is 7.00. The minimum absolute atomic E-state index is 1.09. The number of nitrogens with zero attached hydrogens (tertiary/aromatic N) is 1. The molecule has 21 heavy (non-hydrogen) atoms. The van der Waals surface area contributed by atoms with Crippen molar-refractivity contribution >= 4 is 43.1 Å². The molecule has 0 atom stereocenters. The van der Waals surface area contributed by atoms with Crippen LogP contribution >= 0.6 is 11.3 Å². The van der Waals surface area contributed by atoms with Crippen LogP contribution in [0.2, 0.25) is 0 Å². The van der Waals surface area contributed by atoms with Crippen molar-refractivity contribution in [3.05, 3.63) is 66.7 Å². The van der Waals surface area contributed by atoms with Crippen molar-refractivity contribution in [3.8, 4) is 10.6 Å². The molecule has 0 saturated carbocycles. The first-order valence-corrected chi connectivity index (χ1v) is 7.81. The molecule has 2 heterocycles. The molecule has 2 heteroatoms. The average molecular weight is 285 g/mol. The summed E-state index contributed by atoms with van der Waals surface area (Å²) in [7, 11) is 0. The van der Waals surface area contributed by atoms with E-state index in [2.05, 4.69) is 60.7 Å². The molecular weight excluding hydrogens is 274 g/mol. The van der Waals surface area contributed by atoms with Crippen LogP contribution in [0.5, 0.6) is 0 Å². The second kappa shape index (κ2) is 4.03. The molecule has 2 aliphatic heterocycles. The van der Waals surface area contributed by atoms with Gasteiger partial charge in [-0.15, -0.1) is 11.3 Å². The van der Waals surface area contributed by atoms with Gasteiger partial charge in [-0.05, 0) is 28.3 Å². The van der Waals surface area contributed by atoms with Crippen molar-refractivity contribution < 1.29 is 0 Å². The van der Waals surface area contributed by atoms with Crippen LogP contribution in [0.25, 0.3) is 42.3 Å². The summed E-state index contributed by atoms with van der Waals surface area (Å²) in [6.45, 7) is 0. The Morgan fingerprint density at radius 3 is 2.43 bits per heavy atom. The van der Waals surface area contributed by atoms with E-state index in [9.17, 15) is 0 Å². The predicted molar refractivity (Wildman–Crippen MR) is 91.3 cm³/mol. The molecular formula is C19H11NS. The zero-order chi connectivity index (χ0) is 13.8. The van der Waals surface area contributed by atoms with Gasteiger partial charge in [0.2, 0.25) is 0 Å². The van der Waals surface area contributed by atoms with E-state index in [1.165, 1.54) is 31.8 Å². The van der Waals surface area contributed by atoms with Gasteiger partial charge in [0, 0.05) is 15.6 Å². The normalized spacial score (nSPS) is 11.8. The van der Waals surface area contributed by atoms with E-state index in [1.807, 2.05) is 6.07 Å². The van der Waals surface area contributed by atoms with Gasteiger partial charge in [0.15, 0.2) is 0 Å². The number of benzene rings is 3. The van der Waals surface area contributed by atoms with Crippen molar-refractivity contribution in [3.63, 3.8) is 0 Å². The lowest BCUT2D eigenvalue weighted by molar-refractivity contribution is 1.52. The molecule has 1 nitrogen and oxygen atoms in total. The van der Waals surface area contributed by atoms with Crippen molar-refractivity contribution in [2.75, 3.05) is 0 Å². The van der Waals surface area contributed by atoms with Crippen LogP contribution in [-0.4, -0.2) is 4.98 Å². The van der Waals surface area contributed by atoms with Gasteiger partial charge in [-0.2, -0.15) is 0 Å². The number of hydrogen-bond acceptors (Lipinski definition) is 2. The number of rotatable bonds is 0. The molecule has 2 aliphatic rings. The summed E-state index contributed by atoms with van der Waals surface area (Å²) >= 11 is 1.80. The molecule has 0 bridgehead atoms. The van der Waals surface area contributed by atoms with Crippen molar-refractivity contribution in [2.24, 2.45) is 0 Å². The van der Waals surface area contributed by atoms with Crippen LogP contribution in [0, 0.1) is 0 Å². The molecule has 3 aromatic rings. The highest BCUT2D eigenvalue weighted by Gasteiger charge is 2.14. The fourth-order valence-corrected chi connectivity index (χ4v) is 4.20. The Morgan fingerprint density at radius 1 is 0.714 bits per heavy atom. The molecule has 0 unspecified atom stereocenters. The fraction of sp³-hybridized carbons (Fsp3) is 0. The number of para-hydroxylation sites is 1. The minimum Gasteiger partial charge on any atom is -0.237 e. The molecule has 3 aromatic carbocycles. The summed E-state index contributed by atoms with van der Waals surface area (Å²) in [6.07, 6.45) is 0. The van der Waals surface area contributed by atoms with E-state index >= 15 is 0 Å². The maximum absolute atomic E-state index is 4.79. The molecule has 0 amide bonds. The largest absolute Gasteiger partial charge is 0.237 e. The van der Waals surface area contributed by atoms with Crippen LogP contribution in [0.3, 0.4) is 0 Å². The molecule has 98 valence electrons. The molecule has 5 rings (SSSR count). The van der Waals surface area contributed by atoms with E-state index in [0.29, 0.717) is 0 Å². The van der Waals surface area contributed by atoms with Gasteiger partial charge in [-0.1, -0.05) is 54.6 Å². The minimum atomic E-state index is 1.09. The van der Waals surface area contributed by atoms with Gasteiger partial charge in [-0.3, -0.25) is 0 Å². The van der Waals surface area contributed by atoms with Gasteiger partial charge in [0.1, 0.15) is 5.01 Å². The van der Waals surface area contributed by atoms with Crippen LogP contribution in [0.4, 0.5) is 0 Å². The first kappa shape index (κ1) is 11.2. The molecule has 0 radical (unpaired) electrons. The summed E-state index contributed by atoms with van der Waals surface area (Å²) in [5, 5.41) is 6.27. The second-order valence-electron chi connectivity index (χ2n) is 5.30. The molecule has 0 saturated heterocycles. The highest BCUT2D eigenvalue weighted by molar-refractivity contribution is 7.22. The lowest BCUT2D eigenvalue weighted by Gasteiger charge is -2.05. The van der Waals surface area contributed by atoms with Gasteiger partial charge in [0.05, 0.1) is 5.52 Å². The Balaban J connectivity index is 2.02. The summed E-state index contributed by atoms with van der Waals surface area (Å²) in [4.78, 5) is 4.79. The number of aromatic nitrogens is 1. The second-order valence-corrected chi connectivity index (χ2v) is 6.30. The van der Waals surface area contributed by atoms with E-state index in [1.54, 1.807) is 11.3 Å². The molecule has 0 spiro atoms. The molecule has 0 fully saturated rings. The van der Waals surface area contributed by atoms with Gasteiger partial charge < -0.3 is 0 Å². The molecule has 0 aliphatic carbocycles. The van der Waals surface area contributed by atoms with Gasteiger partial charge in [-0.25, -0.2) is 4.98 Å². The number of hydrogen-bond donors (Lipinski definition) is 0. The Hall–Kier alpha value is -2.45. The Labute approximate surface area is 125 Å². The van der Waals surface area contributed by atoms with Gasteiger partial charge in [0.25, 0.3) is 0 Å². The Bertz CT molecular complexity index is 1090. The summed E-state index contributed by atoms with van der Waals surface area (Å²) < 4.78 is 1.32. The number of fused-ring (bicyclic) bond motifs is 6. The summed E-state index contributed by atoms with van der Waals surface area (Å²) in [5.74, 6) is 0. The molecule has 0 N–H and O–H groups in total. The first-order chi connectivity index (χ1) is 10.4. The monoisotopic (exact) mass is 285 g/mol. The van der Waals surface area contributed by atoms with Gasteiger partial charge >= 0.3 is 0 Å². The van der Waals surface area contributed by atoms with Crippen molar-refractivity contribution in [1.29, 1.82) is 0 Å². The lowest BCUT2D eigenvalue weighted by Crippen LogP contribution is -1.78. The third kappa shape index (κ3) is 1.54. The van der Waals surface area contributed by atoms with Crippen LogP contribution in [0.15, 0.2) is 66.7 Å².